The number of methoxy groups -OCH3 is 2. The monoisotopic (exact) mass is 663 g/mol. The predicted molar refractivity (Wildman–Crippen MR) is 175 cm³/mol. The molecule has 1 aromatic carbocycles. The summed E-state index contributed by atoms with van der Waals surface area (Å²) in [6.07, 6.45) is 8.55. The second-order valence-corrected chi connectivity index (χ2v) is 12.8. The SMILES string of the molecule is COC(=O)NC(C)C(=O)N1CCC[C@H]1c1ncc(CCc2ccc(CCc3cnc([C@@H]4CCC[N@@+]4(C(=O)OC)C(=O)[C@H](C)N)[nH]3)cc2)[nH]1. The summed E-state index contributed by atoms with van der Waals surface area (Å²) >= 11 is 0. The zero-order valence-electron chi connectivity index (χ0n) is 28.2. The Kier molecular flexibility index (Phi) is 10.9. The number of carbonyl (C=O) groups is 4. The van der Waals surface area contributed by atoms with Gasteiger partial charge in [-0.2, -0.15) is 4.79 Å². The summed E-state index contributed by atoms with van der Waals surface area (Å²) in [5.74, 6) is 0.860. The highest BCUT2D eigenvalue weighted by Gasteiger charge is 2.58. The Hall–Kier alpha value is -4.56. The number of amides is 4. The van der Waals surface area contributed by atoms with Crippen LogP contribution >= 0.6 is 0 Å². The minimum atomic E-state index is -0.799. The molecular formula is C34H47N8O6+. The van der Waals surface area contributed by atoms with E-state index in [2.05, 4.69) is 54.3 Å². The van der Waals surface area contributed by atoms with E-state index < -0.39 is 34.8 Å². The van der Waals surface area contributed by atoms with E-state index in [4.69, 9.17) is 10.5 Å². The lowest BCUT2D eigenvalue weighted by atomic mass is 10.0. The van der Waals surface area contributed by atoms with Crippen molar-refractivity contribution in [3.63, 3.8) is 0 Å². The quantitative estimate of drug-likeness (QED) is 0.223. The molecule has 2 aromatic heterocycles. The molecule has 3 aromatic rings. The zero-order valence-corrected chi connectivity index (χ0v) is 28.2. The normalized spacial score (nSPS) is 21.9. The highest BCUT2D eigenvalue weighted by molar-refractivity contribution is 5.86. The van der Waals surface area contributed by atoms with Gasteiger partial charge in [-0.15, -0.1) is 4.48 Å². The molecule has 5 N–H and O–H groups in total. The van der Waals surface area contributed by atoms with Crippen molar-refractivity contribution in [2.75, 3.05) is 27.3 Å². The molecule has 2 aliphatic heterocycles. The van der Waals surface area contributed by atoms with Gasteiger partial charge in [-0.05, 0) is 63.5 Å². The number of rotatable bonds is 11. The van der Waals surface area contributed by atoms with Crippen molar-refractivity contribution in [3.05, 3.63) is 70.8 Å². The van der Waals surface area contributed by atoms with E-state index in [1.165, 1.54) is 25.3 Å². The smallest absolute Gasteiger partial charge is 0.453 e. The fourth-order valence-corrected chi connectivity index (χ4v) is 6.99. The molecule has 0 spiro atoms. The highest BCUT2D eigenvalue weighted by atomic mass is 16.6. The molecular weight excluding hydrogens is 616 g/mol. The Morgan fingerprint density at radius 1 is 0.917 bits per heavy atom. The van der Waals surface area contributed by atoms with Crippen LogP contribution in [0, 0.1) is 0 Å². The number of nitrogens with two attached hydrogens (primary N) is 1. The molecule has 1 unspecified atom stereocenters. The first kappa shape index (κ1) is 34.8. The molecule has 258 valence electrons. The van der Waals surface area contributed by atoms with Gasteiger partial charge in [-0.1, -0.05) is 24.3 Å². The number of carbonyl (C=O) groups excluding carboxylic acids is 4. The number of hydrogen-bond acceptors (Lipinski definition) is 9. The summed E-state index contributed by atoms with van der Waals surface area (Å²) < 4.78 is 9.22. The lowest BCUT2D eigenvalue weighted by Crippen LogP contribution is -2.61. The molecule has 5 rings (SSSR count). The number of aryl methyl sites for hydroxylation is 4. The summed E-state index contributed by atoms with van der Waals surface area (Å²) in [4.78, 5) is 68.3. The molecule has 14 heteroatoms. The van der Waals surface area contributed by atoms with E-state index in [9.17, 15) is 19.2 Å². The van der Waals surface area contributed by atoms with Crippen LogP contribution in [-0.4, -0.2) is 92.7 Å². The van der Waals surface area contributed by atoms with Crippen molar-refractivity contribution in [2.45, 2.75) is 89.4 Å². The summed E-state index contributed by atoms with van der Waals surface area (Å²) in [6, 6.07) is 6.46. The fraction of sp³-hybridized carbons (Fsp3) is 0.529. The number of imide groups is 1. The number of quaternary nitrogens is 1. The van der Waals surface area contributed by atoms with E-state index in [-0.39, 0.29) is 17.9 Å². The van der Waals surface area contributed by atoms with Gasteiger partial charge >= 0.3 is 18.1 Å². The number of ether oxygens (including phenoxy) is 2. The first-order valence-corrected chi connectivity index (χ1v) is 16.6. The third-order valence-corrected chi connectivity index (χ3v) is 9.55. The molecule has 0 radical (unpaired) electrons. The van der Waals surface area contributed by atoms with Gasteiger partial charge < -0.3 is 35.4 Å². The molecule has 0 aliphatic carbocycles. The largest absolute Gasteiger partial charge is 0.523 e. The van der Waals surface area contributed by atoms with Crippen LogP contribution in [0.2, 0.25) is 0 Å². The Morgan fingerprint density at radius 3 is 2.10 bits per heavy atom. The zero-order chi connectivity index (χ0) is 34.4. The van der Waals surface area contributed by atoms with Gasteiger partial charge in [0, 0.05) is 43.2 Å². The van der Waals surface area contributed by atoms with Crippen LogP contribution < -0.4 is 11.1 Å². The van der Waals surface area contributed by atoms with Crippen LogP contribution in [0.5, 0.6) is 0 Å². The average Bonchev–Trinajstić information content (AvgIpc) is 3.92. The van der Waals surface area contributed by atoms with E-state index in [0.29, 0.717) is 31.8 Å². The van der Waals surface area contributed by atoms with Crippen molar-refractivity contribution >= 4 is 24.0 Å². The Morgan fingerprint density at radius 2 is 1.52 bits per heavy atom. The van der Waals surface area contributed by atoms with E-state index >= 15 is 0 Å². The van der Waals surface area contributed by atoms with Crippen molar-refractivity contribution in [1.29, 1.82) is 0 Å². The lowest BCUT2D eigenvalue weighted by Gasteiger charge is -2.32. The molecule has 0 bridgehead atoms. The highest BCUT2D eigenvalue weighted by Crippen LogP contribution is 2.40. The number of aromatic nitrogens is 4. The van der Waals surface area contributed by atoms with E-state index in [0.717, 1.165) is 55.7 Å². The number of alkyl carbamates (subject to hydrolysis) is 1. The number of benzene rings is 1. The molecule has 4 amide bonds. The molecule has 0 saturated carbocycles. The Bertz CT molecular complexity index is 1600. The average molecular weight is 664 g/mol. The number of hydrogen-bond donors (Lipinski definition) is 4. The summed E-state index contributed by atoms with van der Waals surface area (Å²) in [7, 11) is 2.57. The van der Waals surface area contributed by atoms with E-state index in [1.54, 1.807) is 24.9 Å². The van der Waals surface area contributed by atoms with Gasteiger partial charge in [-0.3, -0.25) is 4.79 Å². The summed E-state index contributed by atoms with van der Waals surface area (Å²) in [6.45, 7) is 4.21. The van der Waals surface area contributed by atoms with Gasteiger partial charge in [0.1, 0.15) is 17.9 Å². The number of H-pyrrole nitrogens is 2. The maximum atomic E-state index is 13.1. The number of likely N-dealkylation sites (tertiary alicyclic amines) is 2. The Labute approximate surface area is 280 Å². The third kappa shape index (κ3) is 7.29. The molecule has 48 heavy (non-hydrogen) atoms. The van der Waals surface area contributed by atoms with Gasteiger partial charge in [0.05, 0.1) is 26.8 Å². The van der Waals surface area contributed by atoms with Gasteiger partial charge in [0.15, 0.2) is 11.9 Å². The second-order valence-electron chi connectivity index (χ2n) is 12.8. The van der Waals surface area contributed by atoms with Crippen LogP contribution in [0.3, 0.4) is 0 Å². The topological polar surface area (TPSA) is 185 Å². The molecule has 2 aliphatic rings. The van der Waals surface area contributed by atoms with Crippen molar-refractivity contribution in [2.24, 2.45) is 5.73 Å². The molecule has 4 heterocycles. The lowest BCUT2D eigenvalue weighted by molar-refractivity contribution is -0.802. The maximum absolute atomic E-state index is 13.1. The standard InChI is InChI=1S/C34H46N8O6/c1-21(35)32(44)42(34(46)48-4)18-6-8-28(42)30-37-20-26(40-30)16-14-24-11-9-23(10-12-24)13-15-25-19-36-29(39-25)27-7-5-17-41(27)31(43)22(2)38-33(45)47-3/h9-12,19-22,27-28H,5-8,13-18,35H2,1-4H3,(H2-,36,37,38,39,40,45)/p+1/t21-,22?,27-,28-,42-/m0/s1. The van der Waals surface area contributed by atoms with Gasteiger partial charge in [0.25, 0.3) is 0 Å². The first-order valence-electron chi connectivity index (χ1n) is 16.6. The van der Waals surface area contributed by atoms with Crippen LogP contribution in [-0.2, 0) is 44.7 Å². The minimum Gasteiger partial charge on any atom is -0.453 e. The fourth-order valence-electron chi connectivity index (χ4n) is 6.99. The molecule has 5 atom stereocenters. The number of nitrogens with zero attached hydrogens (tertiary/aromatic N) is 4. The van der Waals surface area contributed by atoms with Crippen molar-refractivity contribution in [3.8, 4) is 0 Å². The third-order valence-electron chi connectivity index (χ3n) is 9.55. The molecule has 2 fully saturated rings. The summed E-state index contributed by atoms with van der Waals surface area (Å²) in [5.41, 5.74) is 10.3. The first-order chi connectivity index (χ1) is 23.1. The van der Waals surface area contributed by atoms with Crippen molar-refractivity contribution < 1.29 is 33.1 Å². The number of nitrogens with one attached hydrogen (secondary N) is 3. The Balaban J connectivity index is 1.13. The van der Waals surface area contributed by atoms with Crippen molar-refractivity contribution in [1.82, 2.24) is 30.2 Å². The molecule has 2 saturated heterocycles. The van der Waals surface area contributed by atoms with E-state index in [1.807, 2.05) is 6.20 Å². The van der Waals surface area contributed by atoms with Gasteiger partial charge in [0.2, 0.25) is 5.91 Å². The predicted octanol–water partition coefficient (Wildman–Crippen LogP) is 3.40. The van der Waals surface area contributed by atoms with Crippen LogP contribution in [0.25, 0.3) is 0 Å². The minimum absolute atomic E-state index is 0.150. The van der Waals surface area contributed by atoms with Crippen LogP contribution in [0.15, 0.2) is 36.7 Å². The number of imidazole rings is 2. The molecule has 14 nitrogen and oxygen atoms in total. The second kappa shape index (κ2) is 15.1. The van der Waals surface area contributed by atoms with Crippen LogP contribution in [0.1, 0.15) is 85.8 Å². The summed E-state index contributed by atoms with van der Waals surface area (Å²) in [5, 5.41) is 2.55. The van der Waals surface area contributed by atoms with Gasteiger partial charge in [-0.25, -0.2) is 19.6 Å². The maximum Gasteiger partial charge on any atom is 0.523 e. The van der Waals surface area contributed by atoms with Crippen LogP contribution in [0.4, 0.5) is 9.59 Å². The number of aromatic amines is 2.